The molecule has 4 aromatic rings. The Labute approximate surface area is 201 Å². The van der Waals surface area contributed by atoms with Gasteiger partial charge in [0.25, 0.3) is 0 Å². The lowest BCUT2D eigenvalue weighted by Crippen LogP contribution is -2.17. The molecule has 1 atom stereocenters. The van der Waals surface area contributed by atoms with E-state index in [2.05, 4.69) is 4.74 Å². The molecule has 4 rings (SSSR count). The van der Waals surface area contributed by atoms with Gasteiger partial charge in [0.1, 0.15) is 17.2 Å². The predicted octanol–water partition coefficient (Wildman–Crippen LogP) is 7.64. The molecular weight excluding hydrogens is 467 g/mol. The third kappa shape index (κ3) is 6.66. The molecule has 0 amide bonds. The second-order valence-electron chi connectivity index (χ2n) is 7.13. The third-order valence-corrected chi connectivity index (χ3v) is 4.74. The van der Waals surface area contributed by atoms with Gasteiger partial charge in [-0.15, -0.1) is 25.6 Å². The lowest BCUT2D eigenvalue weighted by molar-refractivity contribution is -0.274. The summed E-state index contributed by atoms with van der Waals surface area (Å²) in [5, 5.41) is 0. The lowest BCUT2D eigenvalue weighted by atomic mass is 9.99. The van der Waals surface area contributed by atoms with E-state index >= 15 is 0 Å². The van der Waals surface area contributed by atoms with Gasteiger partial charge in [0.15, 0.2) is 11.5 Å². The summed E-state index contributed by atoms with van der Waals surface area (Å²) in [5.74, 6) is 1.91. The summed E-state index contributed by atoms with van der Waals surface area (Å²) in [6.07, 6.45) is -4.75. The minimum atomic E-state index is -4.75. The molecule has 4 nitrogen and oxygen atoms in total. The number of alkyl halides is 3. The molecule has 0 unspecified atom stereocenters. The Morgan fingerprint density at radius 2 is 1.09 bits per heavy atom. The number of benzene rings is 4. The van der Waals surface area contributed by atoms with Gasteiger partial charge in [0, 0.05) is 0 Å². The van der Waals surface area contributed by atoms with E-state index in [-0.39, 0.29) is 18.2 Å². The van der Waals surface area contributed by atoms with Crippen molar-refractivity contribution in [3.05, 3.63) is 114 Å². The van der Waals surface area contributed by atoms with Crippen LogP contribution in [0.25, 0.3) is 0 Å². The van der Waals surface area contributed by atoms with Crippen LogP contribution in [-0.2, 0) is 0 Å². The van der Waals surface area contributed by atoms with Crippen LogP contribution in [0.15, 0.2) is 103 Å². The maximum absolute atomic E-state index is 12.4. The first kappa shape index (κ1) is 25.0. The van der Waals surface area contributed by atoms with Crippen molar-refractivity contribution in [2.45, 2.75) is 12.4 Å². The van der Waals surface area contributed by atoms with Crippen LogP contribution in [0.5, 0.6) is 28.7 Å². The third-order valence-electron chi connectivity index (χ3n) is 4.74. The van der Waals surface area contributed by atoms with Crippen molar-refractivity contribution in [1.82, 2.24) is 0 Å². The number of hydrogen-bond acceptors (Lipinski definition) is 4. The van der Waals surface area contributed by atoms with Crippen LogP contribution in [-0.4, -0.2) is 6.36 Å². The largest absolute Gasteiger partial charge is 0.573 e. The Kier molecular flexibility index (Phi) is 8.04. The number of rotatable bonds is 7. The molecule has 0 aromatic heterocycles. The molecular formula is C26H21ClF3NO3. The van der Waals surface area contributed by atoms with E-state index in [4.69, 9.17) is 15.2 Å². The van der Waals surface area contributed by atoms with Gasteiger partial charge in [-0.1, -0.05) is 54.6 Å². The van der Waals surface area contributed by atoms with Crippen molar-refractivity contribution in [3.8, 4) is 28.7 Å². The van der Waals surface area contributed by atoms with Crippen molar-refractivity contribution in [3.63, 3.8) is 0 Å². The Morgan fingerprint density at radius 1 is 0.588 bits per heavy atom. The van der Waals surface area contributed by atoms with Gasteiger partial charge in [-0.25, -0.2) is 0 Å². The van der Waals surface area contributed by atoms with E-state index < -0.39 is 12.4 Å². The average Bonchev–Trinajstić information content (AvgIpc) is 2.81. The molecule has 34 heavy (non-hydrogen) atoms. The SMILES string of the molecule is Cl.N[C@@H](c1ccc(OC(F)(F)F)cc1)c1ccc(Oc2ccccc2)c(Oc2ccccc2)c1. The van der Waals surface area contributed by atoms with Crippen molar-refractivity contribution >= 4 is 12.4 Å². The lowest BCUT2D eigenvalue weighted by Gasteiger charge is -2.18. The Balaban J connectivity index is 0.00000324. The minimum Gasteiger partial charge on any atom is -0.453 e. The van der Waals surface area contributed by atoms with E-state index in [9.17, 15) is 13.2 Å². The van der Waals surface area contributed by atoms with E-state index in [0.29, 0.717) is 34.1 Å². The van der Waals surface area contributed by atoms with E-state index in [0.717, 1.165) is 0 Å². The smallest absolute Gasteiger partial charge is 0.453 e. The Hall–Kier alpha value is -3.68. The summed E-state index contributed by atoms with van der Waals surface area (Å²) in [5.41, 5.74) is 7.72. The van der Waals surface area contributed by atoms with Crippen molar-refractivity contribution in [2.24, 2.45) is 5.73 Å². The highest BCUT2D eigenvalue weighted by Crippen LogP contribution is 2.37. The molecule has 0 bridgehead atoms. The van der Waals surface area contributed by atoms with Crippen LogP contribution >= 0.6 is 12.4 Å². The normalized spacial score (nSPS) is 11.8. The van der Waals surface area contributed by atoms with Crippen LogP contribution < -0.4 is 19.9 Å². The van der Waals surface area contributed by atoms with Gasteiger partial charge in [-0.05, 0) is 59.7 Å². The fraction of sp³-hybridized carbons (Fsp3) is 0.0769. The van der Waals surface area contributed by atoms with Gasteiger partial charge < -0.3 is 19.9 Å². The molecule has 0 fully saturated rings. The Bertz CT molecular complexity index is 1190. The van der Waals surface area contributed by atoms with E-state index in [1.54, 1.807) is 18.2 Å². The molecule has 0 aliphatic rings. The molecule has 0 aliphatic heterocycles. The van der Waals surface area contributed by atoms with Gasteiger partial charge in [0.2, 0.25) is 0 Å². The van der Waals surface area contributed by atoms with Gasteiger partial charge in [-0.2, -0.15) is 0 Å². The first-order valence-electron chi connectivity index (χ1n) is 10.1. The van der Waals surface area contributed by atoms with Gasteiger partial charge >= 0.3 is 6.36 Å². The molecule has 0 aliphatic carbocycles. The molecule has 0 heterocycles. The van der Waals surface area contributed by atoms with Crippen LogP contribution in [0, 0.1) is 0 Å². The molecule has 0 saturated carbocycles. The van der Waals surface area contributed by atoms with Crippen molar-refractivity contribution < 1.29 is 27.4 Å². The number of ether oxygens (including phenoxy) is 3. The topological polar surface area (TPSA) is 53.7 Å². The molecule has 2 N–H and O–H groups in total. The highest BCUT2D eigenvalue weighted by Gasteiger charge is 2.31. The van der Waals surface area contributed by atoms with Crippen LogP contribution in [0.2, 0.25) is 0 Å². The quantitative estimate of drug-likeness (QED) is 0.291. The summed E-state index contributed by atoms with van der Waals surface area (Å²) in [6, 6.07) is 28.7. The zero-order valence-corrected chi connectivity index (χ0v) is 18.6. The molecule has 176 valence electrons. The highest BCUT2D eigenvalue weighted by atomic mass is 35.5. The zero-order valence-electron chi connectivity index (χ0n) is 17.7. The summed E-state index contributed by atoms with van der Waals surface area (Å²) in [4.78, 5) is 0. The number of nitrogens with two attached hydrogens (primary N) is 1. The Morgan fingerprint density at radius 3 is 1.62 bits per heavy atom. The number of halogens is 4. The summed E-state index contributed by atoms with van der Waals surface area (Å²) >= 11 is 0. The monoisotopic (exact) mass is 487 g/mol. The molecule has 4 aromatic carbocycles. The van der Waals surface area contributed by atoms with Gasteiger partial charge in [0.05, 0.1) is 6.04 Å². The summed E-state index contributed by atoms with van der Waals surface area (Å²) in [7, 11) is 0. The van der Waals surface area contributed by atoms with Crippen molar-refractivity contribution in [1.29, 1.82) is 0 Å². The second-order valence-corrected chi connectivity index (χ2v) is 7.13. The fourth-order valence-corrected chi connectivity index (χ4v) is 3.18. The number of hydrogen-bond donors (Lipinski definition) is 1. The van der Waals surface area contributed by atoms with E-state index in [1.807, 2.05) is 60.7 Å². The predicted molar refractivity (Wildman–Crippen MR) is 126 cm³/mol. The summed E-state index contributed by atoms with van der Waals surface area (Å²) < 4.78 is 53.2. The zero-order chi connectivity index (χ0) is 23.3. The molecule has 0 saturated heterocycles. The fourth-order valence-electron chi connectivity index (χ4n) is 3.18. The standard InChI is InChI=1S/C26H20F3NO3.ClH/c27-26(28,29)33-22-14-11-18(12-15-22)25(30)19-13-16-23(31-20-7-3-1-4-8-20)24(17-19)32-21-9-5-2-6-10-21;/h1-17,25H,30H2;1H/t25-;/m0./s1. The van der Waals surface area contributed by atoms with Crippen LogP contribution in [0.3, 0.4) is 0 Å². The maximum Gasteiger partial charge on any atom is 0.573 e. The van der Waals surface area contributed by atoms with Gasteiger partial charge in [-0.3, -0.25) is 0 Å². The molecule has 0 spiro atoms. The molecule has 8 heteroatoms. The number of para-hydroxylation sites is 2. The maximum atomic E-state index is 12.4. The minimum absolute atomic E-state index is 0. The van der Waals surface area contributed by atoms with Crippen molar-refractivity contribution in [2.75, 3.05) is 0 Å². The molecule has 0 radical (unpaired) electrons. The second kappa shape index (κ2) is 11.0. The summed E-state index contributed by atoms with van der Waals surface area (Å²) in [6.45, 7) is 0. The first-order chi connectivity index (χ1) is 15.9. The first-order valence-corrected chi connectivity index (χ1v) is 10.1. The highest BCUT2D eigenvalue weighted by molar-refractivity contribution is 5.85. The van der Waals surface area contributed by atoms with E-state index in [1.165, 1.54) is 24.3 Å². The van der Waals surface area contributed by atoms with Crippen LogP contribution in [0.4, 0.5) is 13.2 Å². The average molecular weight is 488 g/mol. The van der Waals surface area contributed by atoms with Crippen LogP contribution in [0.1, 0.15) is 17.2 Å².